The summed E-state index contributed by atoms with van der Waals surface area (Å²) in [5, 5.41) is 12.0. The Morgan fingerprint density at radius 1 is 1.65 bits per heavy atom. The second-order valence-corrected chi connectivity index (χ2v) is 4.93. The maximum atomic E-state index is 11.8. The molecule has 0 radical (unpaired) electrons. The summed E-state index contributed by atoms with van der Waals surface area (Å²) >= 11 is 1.56. The van der Waals surface area contributed by atoms with Crippen LogP contribution in [0, 0.1) is 6.92 Å². The van der Waals surface area contributed by atoms with E-state index >= 15 is 0 Å². The molecular weight excluding hydrogens is 238 g/mol. The predicted molar refractivity (Wildman–Crippen MR) is 64.9 cm³/mol. The van der Waals surface area contributed by atoms with Gasteiger partial charge in [0.05, 0.1) is 19.0 Å². The van der Waals surface area contributed by atoms with E-state index in [1.165, 1.54) is 12.5 Å². The zero-order valence-corrected chi connectivity index (χ0v) is 10.1. The van der Waals surface area contributed by atoms with E-state index in [2.05, 4.69) is 15.3 Å². The van der Waals surface area contributed by atoms with Crippen molar-refractivity contribution in [3.05, 3.63) is 40.1 Å². The van der Waals surface area contributed by atoms with Gasteiger partial charge in [0.25, 0.3) is 5.91 Å². The van der Waals surface area contributed by atoms with Crippen LogP contribution in [0.1, 0.15) is 26.3 Å². The summed E-state index contributed by atoms with van der Waals surface area (Å²) in [4.78, 5) is 20.4. The van der Waals surface area contributed by atoms with Crippen molar-refractivity contribution in [3.8, 4) is 0 Å². The summed E-state index contributed by atoms with van der Waals surface area (Å²) in [7, 11) is 0. The fraction of sp³-hybridized carbons (Fsp3) is 0.273. The van der Waals surface area contributed by atoms with Gasteiger partial charge >= 0.3 is 0 Å². The summed E-state index contributed by atoms with van der Waals surface area (Å²) in [6.45, 7) is 1.86. The van der Waals surface area contributed by atoms with E-state index in [0.717, 1.165) is 9.75 Å². The minimum Gasteiger partial charge on any atom is -0.394 e. The molecule has 1 unspecified atom stereocenters. The van der Waals surface area contributed by atoms with Crippen molar-refractivity contribution in [1.29, 1.82) is 0 Å². The van der Waals surface area contributed by atoms with Crippen LogP contribution >= 0.6 is 11.3 Å². The van der Waals surface area contributed by atoms with E-state index in [-0.39, 0.29) is 18.6 Å². The third kappa shape index (κ3) is 2.72. The molecule has 6 heteroatoms. The third-order valence-corrected chi connectivity index (χ3v) is 3.44. The van der Waals surface area contributed by atoms with E-state index in [1.807, 2.05) is 19.1 Å². The smallest absolute Gasteiger partial charge is 0.272 e. The number of nitrogens with one attached hydrogen (secondary N) is 2. The molecule has 0 aromatic carbocycles. The van der Waals surface area contributed by atoms with Gasteiger partial charge in [-0.1, -0.05) is 0 Å². The van der Waals surface area contributed by atoms with Gasteiger partial charge in [-0.15, -0.1) is 11.3 Å². The molecule has 2 heterocycles. The molecular formula is C11H13N3O2S. The van der Waals surface area contributed by atoms with Gasteiger partial charge < -0.3 is 15.4 Å². The first kappa shape index (κ1) is 11.8. The Morgan fingerprint density at radius 3 is 3.00 bits per heavy atom. The number of imidazole rings is 1. The molecule has 0 bridgehead atoms. The number of nitrogens with zero attached hydrogens (tertiary/aromatic N) is 1. The molecule has 0 saturated heterocycles. The van der Waals surface area contributed by atoms with Gasteiger partial charge in [-0.3, -0.25) is 4.79 Å². The molecule has 0 spiro atoms. The maximum Gasteiger partial charge on any atom is 0.272 e. The molecule has 17 heavy (non-hydrogen) atoms. The molecule has 3 N–H and O–H groups in total. The Kier molecular flexibility index (Phi) is 3.55. The Hall–Kier alpha value is -1.66. The minimum absolute atomic E-state index is 0.129. The second kappa shape index (κ2) is 5.11. The monoisotopic (exact) mass is 251 g/mol. The van der Waals surface area contributed by atoms with Crippen molar-refractivity contribution in [2.24, 2.45) is 0 Å². The molecule has 0 saturated carbocycles. The van der Waals surface area contributed by atoms with Gasteiger partial charge in [0, 0.05) is 16.0 Å². The average molecular weight is 251 g/mol. The first-order valence-electron chi connectivity index (χ1n) is 5.17. The number of carbonyl (C=O) groups is 1. The number of hydrogen-bond donors (Lipinski definition) is 3. The van der Waals surface area contributed by atoms with Crippen LogP contribution < -0.4 is 5.32 Å². The number of carbonyl (C=O) groups excluding carboxylic acids is 1. The number of rotatable bonds is 4. The number of thiophene rings is 1. The molecule has 2 aromatic heterocycles. The molecule has 0 fully saturated rings. The summed E-state index contributed by atoms with van der Waals surface area (Å²) in [6, 6.07) is 3.49. The van der Waals surface area contributed by atoms with Crippen molar-refractivity contribution in [1.82, 2.24) is 15.3 Å². The highest BCUT2D eigenvalue weighted by molar-refractivity contribution is 7.12. The molecule has 1 amide bonds. The maximum absolute atomic E-state index is 11.8. The van der Waals surface area contributed by atoms with Gasteiger partial charge in [0.2, 0.25) is 0 Å². The predicted octanol–water partition coefficient (Wildman–Crippen LogP) is 1.24. The van der Waals surface area contributed by atoms with Crippen LogP contribution in [0.25, 0.3) is 0 Å². The number of H-pyrrole nitrogens is 1. The van der Waals surface area contributed by atoms with E-state index in [1.54, 1.807) is 11.3 Å². The number of hydrogen-bond acceptors (Lipinski definition) is 4. The quantitative estimate of drug-likeness (QED) is 0.765. The lowest BCUT2D eigenvalue weighted by atomic mass is 10.2. The van der Waals surface area contributed by atoms with Gasteiger partial charge in [-0.05, 0) is 19.1 Å². The summed E-state index contributed by atoms with van der Waals surface area (Å²) in [5.41, 5.74) is 0.316. The van der Waals surface area contributed by atoms with Crippen molar-refractivity contribution in [2.75, 3.05) is 6.61 Å². The molecule has 2 rings (SSSR count). The van der Waals surface area contributed by atoms with E-state index in [0.29, 0.717) is 5.69 Å². The first-order valence-corrected chi connectivity index (χ1v) is 5.99. The average Bonchev–Trinajstić information content (AvgIpc) is 2.96. The Bertz CT molecular complexity index is 493. The van der Waals surface area contributed by atoms with Crippen molar-refractivity contribution < 1.29 is 9.90 Å². The van der Waals surface area contributed by atoms with Crippen LogP contribution in [0.5, 0.6) is 0 Å². The summed E-state index contributed by atoms with van der Waals surface area (Å²) in [5.74, 6) is -0.295. The van der Waals surface area contributed by atoms with Gasteiger partial charge in [-0.2, -0.15) is 0 Å². The van der Waals surface area contributed by atoms with Crippen molar-refractivity contribution in [2.45, 2.75) is 13.0 Å². The number of aromatic amines is 1. The molecule has 0 aliphatic carbocycles. The van der Waals surface area contributed by atoms with Crippen LogP contribution in [0.4, 0.5) is 0 Å². The van der Waals surface area contributed by atoms with Gasteiger partial charge in [0.1, 0.15) is 5.69 Å². The fourth-order valence-corrected chi connectivity index (χ4v) is 2.38. The molecule has 0 aliphatic heterocycles. The highest BCUT2D eigenvalue weighted by atomic mass is 32.1. The number of amides is 1. The van der Waals surface area contributed by atoms with E-state index in [9.17, 15) is 9.90 Å². The van der Waals surface area contributed by atoms with Crippen molar-refractivity contribution in [3.63, 3.8) is 0 Å². The Morgan fingerprint density at radius 2 is 2.47 bits per heavy atom. The van der Waals surface area contributed by atoms with E-state index in [4.69, 9.17) is 0 Å². The Balaban J connectivity index is 2.08. The molecule has 2 aromatic rings. The number of aliphatic hydroxyl groups excluding tert-OH is 1. The second-order valence-electron chi connectivity index (χ2n) is 3.61. The SMILES string of the molecule is Cc1ccc(C(CO)NC(=O)c2c[nH]cn2)s1. The lowest BCUT2D eigenvalue weighted by Gasteiger charge is -2.13. The van der Waals surface area contributed by atoms with Crippen LogP contribution in [0.3, 0.4) is 0 Å². The number of aromatic nitrogens is 2. The molecule has 1 atom stereocenters. The Labute approximate surface area is 103 Å². The highest BCUT2D eigenvalue weighted by Crippen LogP contribution is 2.22. The zero-order valence-electron chi connectivity index (χ0n) is 9.30. The topological polar surface area (TPSA) is 78.0 Å². The normalized spacial score (nSPS) is 12.4. The first-order chi connectivity index (χ1) is 8.20. The van der Waals surface area contributed by atoms with Crippen LogP contribution in [0.15, 0.2) is 24.7 Å². The van der Waals surface area contributed by atoms with Gasteiger partial charge in [0.15, 0.2) is 0 Å². The number of aliphatic hydroxyl groups is 1. The molecule has 0 aliphatic rings. The van der Waals surface area contributed by atoms with Crippen LogP contribution in [0.2, 0.25) is 0 Å². The van der Waals surface area contributed by atoms with E-state index < -0.39 is 0 Å². The standard InChI is InChI=1S/C11H13N3O2S/c1-7-2-3-10(17-7)9(5-15)14-11(16)8-4-12-6-13-8/h2-4,6,9,15H,5H2,1H3,(H,12,13)(H,14,16). The lowest BCUT2D eigenvalue weighted by Crippen LogP contribution is -2.30. The van der Waals surface area contributed by atoms with Gasteiger partial charge in [-0.25, -0.2) is 4.98 Å². The van der Waals surface area contributed by atoms with Crippen LogP contribution in [-0.4, -0.2) is 27.6 Å². The lowest BCUT2D eigenvalue weighted by molar-refractivity contribution is 0.0913. The number of aryl methyl sites for hydroxylation is 1. The molecule has 90 valence electrons. The largest absolute Gasteiger partial charge is 0.394 e. The highest BCUT2D eigenvalue weighted by Gasteiger charge is 2.17. The summed E-state index contributed by atoms with van der Waals surface area (Å²) < 4.78 is 0. The summed E-state index contributed by atoms with van der Waals surface area (Å²) in [6.07, 6.45) is 2.96. The van der Waals surface area contributed by atoms with Crippen LogP contribution in [-0.2, 0) is 0 Å². The third-order valence-electron chi connectivity index (χ3n) is 2.32. The van der Waals surface area contributed by atoms with Crippen molar-refractivity contribution >= 4 is 17.2 Å². The minimum atomic E-state index is -0.377. The molecule has 5 nitrogen and oxygen atoms in total. The fourth-order valence-electron chi connectivity index (χ4n) is 1.46. The zero-order chi connectivity index (χ0) is 12.3.